The third-order valence-electron chi connectivity index (χ3n) is 4.52. The minimum Gasteiger partial charge on any atom is -0.351 e. The van der Waals surface area contributed by atoms with Crippen molar-refractivity contribution in [2.75, 3.05) is 6.54 Å². The number of nitrogens with one attached hydrogen (secondary N) is 1. The molecule has 0 radical (unpaired) electrons. The van der Waals surface area contributed by atoms with Gasteiger partial charge in [-0.25, -0.2) is 0 Å². The number of hydrogen-bond acceptors (Lipinski definition) is 5. The first kappa shape index (κ1) is 18.0. The van der Waals surface area contributed by atoms with E-state index in [0.29, 0.717) is 18.8 Å². The zero-order valence-electron chi connectivity index (χ0n) is 15.4. The van der Waals surface area contributed by atoms with E-state index in [1.807, 2.05) is 24.8 Å². The molecule has 0 aliphatic carbocycles. The molecule has 1 fully saturated rings. The van der Waals surface area contributed by atoms with Gasteiger partial charge in [-0.05, 0) is 32.8 Å². The van der Waals surface area contributed by atoms with Crippen molar-refractivity contribution in [2.24, 2.45) is 0 Å². The van der Waals surface area contributed by atoms with Crippen LogP contribution in [0, 0.1) is 13.8 Å². The number of nitrogens with zero attached hydrogens (tertiary/aromatic N) is 5. The topological polar surface area (TPSA) is 93.0 Å². The quantitative estimate of drug-likeness (QED) is 0.871. The van der Waals surface area contributed by atoms with Gasteiger partial charge in [0.2, 0.25) is 11.8 Å². The molecule has 3 rings (SSSR count). The first-order valence-corrected chi connectivity index (χ1v) is 8.80. The normalized spacial score (nSPS) is 16.7. The summed E-state index contributed by atoms with van der Waals surface area (Å²) in [6, 6.07) is 1.88. The van der Waals surface area contributed by atoms with Gasteiger partial charge in [0, 0.05) is 19.2 Å². The highest BCUT2D eigenvalue weighted by molar-refractivity contribution is 5.76. The molecule has 0 saturated carbocycles. The Morgan fingerprint density at radius 2 is 2.12 bits per heavy atom. The Kier molecular flexibility index (Phi) is 5.29. The molecule has 1 unspecified atom stereocenters. The second-order valence-electron chi connectivity index (χ2n) is 6.67. The number of aryl methyl sites for hydroxylation is 2. The van der Waals surface area contributed by atoms with Crippen LogP contribution < -0.4 is 5.32 Å². The molecule has 1 atom stereocenters. The minimum atomic E-state index is -0.111. The van der Waals surface area contributed by atoms with Crippen LogP contribution in [0.5, 0.6) is 0 Å². The first-order chi connectivity index (χ1) is 12.4. The SMILES string of the molecule is CC(=O)NCc1cncc(C2CCCN2C(=O)Cn2nc(C)cc2C)n1. The molecule has 1 aliphatic heterocycles. The average Bonchev–Trinajstić information content (AvgIpc) is 3.20. The second-order valence-corrected chi connectivity index (χ2v) is 6.67. The van der Waals surface area contributed by atoms with Gasteiger partial charge in [0.15, 0.2) is 0 Å². The lowest BCUT2D eigenvalue weighted by atomic mass is 10.1. The summed E-state index contributed by atoms with van der Waals surface area (Å²) >= 11 is 0. The Morgan fingerprint density at radius 3 is 2.81 bits per heavy atom. The fourth-order valence-electron chi connectivity index (χ4n) is 3.31. The summed E-state index contributed by atoms with van der Waals surface area (Å²) < 4.78 is 1.74. The summed E-state index contributed by atoms with van der Waals surface area (Å²) in [5, 5.41) is 7.10. The number of carbonyl (C=O) groups excluding carboxylic acids is 2. The van der Waals surface area contributed by atoms with E-state index in [4.69, 9.17) is 0 Å². The van der Waals surface area contributed by atoms with E-state index >= 15 is 0 Å². The monoisotopic (exact) mass is 356 g/mol. The number of hydrogen-bond donors (Lipinski definition) is 1. The van der Waals surface area contributed by atoms with Crippen LogP contribution in [0.25, 0.3) is 0 Å². The molecule has 1 N–H and O–H groups in total. The molecule has 8 heteroatoms. The van der Waals surface area contributed by atoms with Gasteiger partial charge in [0.1, 0.15) is 6.54 Å². The van der Waals surface area contributed by atoms with Crippen molar-refractivity contribution in [1.29, 1.82) is 0 Å². The predicted octanol–water partition coefficient (Wildman–Crippen LogP) is 1.29. The maximum atomic E-state index is 12.8. The fourth-order valence-corrected chi connectivity index (χ4v) is 3.31. The molecule has 3 heterocycles. The van der Waals surface area contributed by atoms with Crippen molar-refractivity contribution >= 4 is 11.8 Å². The Labute approximate surface area is 152 Å². The maximum absolute atomic E-state index is 12.8. The largest absolute Gasteiger partial charge is 0.351 e. The summed E-state index contributed by atoms with van der Waals surface area (Å²) in [6.45, 7) is 6.61. The minimum absolute atomic E-state index is 0.0350. The molecule has 2 aromatic heterocycles. The first-order valence-electron chi connectivity index (χ1n) is 8.80. The Morgan fingerprint density at radius 1 is 1.31 bits per heavy atom. The van der Waals surface area contributed by atoms with Crippen molar-refractivity contribution in [3.8, 4) is 0 Å². The van der Waals surface area contributed by atoms with Crippen molar-refractivity contribution in [1.82, 2.24) is 30.0 Å². The van der Waals surface area contributed by atoms with Crippen LogP contribution in [-0.4, -0.2) is 43.0 Å². The Hall–Kier alpha value is -2.77. The van der Waals surface area contributed by atoms with Crippen LogP contribution in [0.2, 0.25) is 0 Å². The lowest BCUT2D eigenvalue weighted by molar-refractivity contribution is -0.133. The van der Waals surface area contributed by atoms with Gasteiger partial charge in [-0.15, -0.1) is 0 Å². The van der Waals surface area contributed by atoms with Crippen LogP contribution >= 0.6 is 0 Å². The van der Waals surface area contributed by atoms with Gasteiger partial charge in [-0.1, -0.05) is 0 Å². The van der Waals surface area contributed by atoms with Gasteiger partial charge >= 0.3 is 0 Å². The van der Waals surface area contributed by atoms with E-state index in [2.05, 4.69) is 20.4 Å². The highest BCUT2D eigenvalue weighted by Gasteiger charge is 2.31. The summed E-state index contributed by atoms with van der Waals surface area (Å²) in [7, 11) is 0. The molecule has 0 spiro atoms. The third-order valence-corrected chi connectivity index (χ3v) is 4.52. The molecule has 1 aliphatic rings. The van der Waals surface area contributed by atoms with E-state index in [0.717, 1.165) is 29.9 Å². The van der Waals surface area contributed by atoms with Crippen molar-refractivity contribution in [3.63, 3.8) is 0 Å². The molecule has 0 aromatic carbocycles. The highest BCUT2D eigenvalue weighted by Crippen LogP contribution is 2.30. The van der Waals surface area contributed by atoms with Gasteiger partial charge in [-0.2, -0.15) is 5.10 Å². The van der Waals surface area contributed by atoms with Crippen molar-refractivity contribution in [3.05, 3.63) is 41.2 Å². The van der Waals surface area contributed by atoms with Crippen LogP contribution in [0.15, 0.2) is 18.5 Å². The summed E-state index contributed by atoms with van der Waals surface area (Å²) in [5.41, 5.74) is 3.34. The van der Waals surface area contributed by atoms with Crippen LogP contribution in [0.3, 0.4) is 0 Å². The van der Waals surface area contributed by atoms with E-state index in [1.165, 1.54) is 6.92 Å². The van der Waals surface area contributed by atoms with E-state index in [9.17, 15) is 9.59 Å². The molecular formula is C18H24N6O2. The molecule has 2 aromatic rings. The zero-order valence-corrected chi connectivity index (χ0v) is 15.4. The fraction of sp³-hybridized carbons (Fsp3) is 0.500. The van der Waals surface area contributed by atoms with Crippen LogP contribution in [0.1, 0.15) is 48.6 Å². The highest BCUT2D eigenvalue weighted by atomic mass is 16.2. The van der Waals surface area contributed by atoms with Gasteiger partial charge < -0.3 is 10.2 Å². The molecular weight excluding hydrogens is 332 g/mol. The number of amides is 2. The predicted molar refractivity (Wildman–Crippen MR) is 94.9 cm³/mol. The molecule has 8 nitrogen and oxygen atoms in total. The van der Waals surface area contributed by atoms with Gasteiger partial charge in [-0.3, -0.25) is 24.2 Å². The van der Waals surface area contributed by atoms with Gasteiger partial charge in [0.25, 0.3) is 0 Å². The van der Waals surface area contributed by atoms with E-state index < -0.39 is 0 Å². The third kappa shape index (κ3) is 4.07. The average molecular weight is 356 g/mol. The summed E-state index contributed by atoms with van der Waals surface area (Å²) in [4.78, 5) is 34.6. The number of carbonyl (C=O) groups is 2. The molecule has 26 heavy (non-hydrogen) atoms. The number of rotatable bonds is 5. The molecule has 1 saturated heterocycles. The molecule has 0 bridgehead atoms. The van der Waals surface area contributed by atoms with E-state index in [-0.39, 0.29) is 24.4 Å². The summed E-state index contributed by atoms with van der Waals surface area (Å²) in [5.74, 6) is -0.0764. The van der Waals surface area contributed by atoms with Crippen LogP contribution in [0.4, 0.5) is 0 Å². The van der Waals surface area contributed by atoms with Crippen molar-refractivity contribution < 1.29 is 9.59 Å². The lowest BCUT2D eigenvalue weighted by Gasteiger charge is -2.24. The number of aromatic nitrogens is 4. The number of likely N-dealkylation sites (tertiary alicyclic amines) is 1. The molecule has 2 amide bonds. The van der Waals surface area contributed by atoms with Gasteiger partial charge in [0.05, 0.1) is 42.1 Å². The Bertz CT molecular complexity index is 816. The second kappa shape index (κ2) is 7.63. The van der Waals surface area contributed by atoms with Crippen LogP contribution in [-0.2, 0) is 22.7 Å². The van der Waals surface area contributed by atoms with Crippen molar-refractivity contribution in [2.45, 2.75) is 52.7 Å². The standard InChI is InChI=1S/C18H24N6O2/c1-12-7-13(2)24(22-12)11-18(26)23-6-4-5-17(23)16-10-19-8-15(21-16)9-20-14(3)25/h7-8,10,17H,4-6,9,11H2,1-3H3,(H,20,25). The molecule has 138 valence electrons. The maximum Gasteiger partial charge on any atom is 0.244 e. The summed E-state index contributed by atoms with van der Waals surface area (Å²) in [6.07, 6.45) is 5.14. The Balaban J connectivity index is 1.73. The smallest absolute Gasteiger partial charge is 0.244 e. The zero-order chi connectivity index (χ0) is 18.7. The van der Waals surface area contributed by atoms with E-state index in [1.54, 1.807) is 17.1 Å². The lowest BCUT2D eigenvalue weighted by Crippen LogP contribution is -2.34.